The number of rotatable bonds is 3. The van der Waals surface area contributed by atoms with Crippen molar-refractivity contribution < 1.29 is 9.90 Å². The van der Waals surface area contributed by atoms with Gasteiger partial charge in [0.2, 0.25) is 0 Å². The molecule has 0 aliphatic carbocycles. The molecule has 0 aromatic heterocycles. The highest BCUT2D eigenvalue weighted by molar-refractivity contribution is 5.92. The van der Waals surface area contributed by atoms with Crippen molar-refractivity contribution in [3.63, 3.8) is 0 Å². The van der Waals surface area contributed by atoms with Gasteiger partial charge in [-0.05, 0) is 30.5 Å². The maximum absolute atomic E-state index is 10.9. The molecule has 0 aliphatic heterocycles. The Morgan fingerprint density at radius 1 is 1.50 bits per heavy atom. The van der Waals surface area contributed by atoms with Crippen LogP contribution in [0.5, 0.6) is 0 Å². The molecule has 0 spiro atoms. The molecule has 1 rings (SSSR count). The molecule has 14 heavy (non-hydrogen) atoms. The molecule has 0 fully saturated rings. The zero-order valence-corrected chi connectivity index (χ0v) is 8.45. The van der Waals surface area contributed by atoms with Crippen LogP contribution in [0.3, 0.4) is 0 Å². The number of benzene rings is 1. The van der Waals surface area contributed by atoms with Crippen LogP contribution >= 0.6 is 0 Å². The molecule has 0 unspecified atom stereocenters. The lowest BCUT2D eigenvalue weighted by molar-refractivity contribution is 0.0696. The van der Waals surface area contributed by atoms with Gasteiger partial charge in [0.1, 0.15) is 0 Å². The quantitative estimate of drug-likeness (QED) is 0.795. The fourth-order valence-electron chi connectivity index (χ4n) is 1.32. The van der Waals surface area contributed by atoms with E-state index in [4.69, 9.17) is 5.11 Å². The van der Waals surface area contributed by atoms with Gasteiger partial charge in [-0.2, -0.15) is 0 Å². The summed E-state index contributed by atoms with van der Waals surface area (Å²) >= 11 is 0. The summed E-state index contributed by atoms with van der Waals surface area (Å²) in [5.41, 5.74) is 2.17. The molecule has 2 nitrogen and oxygen atoms in total. The van der Waals surface area contributed by atoms with E-state index in [1.807, 2.05) is 32.1 Å². The summed E-state index contributed by atoms with van der Waals surface area (Å²) in [6.45, 7) is 3.94. The van der Waals surface area contributed by atoms with Gasteiger partial charge in [-0.3, -0.25) is 0 Å². The molecule has 2 heteroatoms. The van der Waals surface area contributed by atoms with Crippen LogP contribution in [0.2, 0.25) is 0 Å². The topological polar surface area (TPSA) is 37.3 Å². The molecule has 1 N–H and O–H groups in total. The number of aromatic carboxylic acids is 1. The second-order valence-electron chi connectivity index (χ2n) is 3.15. The van der Waals surface area contributed by atoms with E-state index < -0.39 is 5.97 Å². The van der Waals surface area contributed by atoms with E-state index >= 15 is 0 Å². The van der Waals surface area contributed by atoms with E-state index in [1.54, 1.807) is 12.1 Å². The summed E-state index contributed by atoms with van der Waals surface area (Å²) in [6.07, 6.45) is 4.75. The maximum atomic E-state index is 10.9. The minimum Gasteiger partial charge on any atom is -0.478 e. The Hall–Kier alpha value is -1.57. The Bertz CT molecular complexity index is 365. The van der Waals surface area contributed by atoms with E-state index in [1.165, 1.54) is 0 Å². The third-order valence-corrected chi connectivity index (χ3v) is 2.07. The van der Waals surface area contributed by atoms with E-state index in [9.17, 15) is 4.79 Å². The van der Waals surface area contributed by atoms with Crippen LogP contribution in [-0.4, -0.2) is 11.1 Å². The Labute approximate surface area is 83.9 Å². The van der Waals surface area contributed by atoms with Gasteiger partial charge in [0.15, 0.2) is 0 Å². The lowest BCUT2D eigenvalue weighted by Crippen LogP contribution is -2.00. The van der Waals surface area contributed by atoms with Crippen molar-refractivity contribution in [3.05, 3.63) is 41.0 Å². The first-order chi connectivity index (χ1) is 6.66. The number of carboxylic acids is 1. The van der Waals surface area contributed by atoms with Gasteiger partial charge in [-0.15, -0.1) is 0 Å². The molecule has 74 valence electrons. The molecule has 0 amide bonds. The van der Waals surface area contributed by atoms with E-state index in [0.717, 1.165) is 17.5 Å². The Morgan fingerprint density at radius 3 is 2.79 bits per heavy atom. The fourth-order valence-corrected chi connectivity index (χ4v) is 1.32. The van der Waals surface area contributed by atoms with Gasteiger partial charge in [0.05, 0.1) is 5.56 Å². The lowest BCUT2D eigenvalue weighted by Gasteiger charge is -2.04. The van der Waals surface area contributed by atoms with Gasteiger partial charge in [-0.1, -0.05) is 31.2 Å². The van der Waals surface area contributed by atoms with Crippen LogP contribution < -0.4 is 0 Å². The molecule has 0 heterocycles. The predicted molar refractivity (Wildman–Crippen MR) is 57.5 cm³/mol. The summed E-state index contributed by atoms with van der Waals surface area (Å²) < 4.78 is 0. The Balaban J connectivity index is 3.22. The first-order valence-corrected chi connectivity index (χ1v) is 4.66. The normalized spacial score (nSPS) is 10.7. The van der Waals surface area contributed by atoms with Crippen molar-refractivity contribution >= 4 is 12.0 Å². The highest BCUT2D eigenvalue weighted by Gasteiger charge is 2.08. The molecule has 0 saturated carbocycles. The van der Waals surface area contributed by atoms with Crippen molar-refractivity contribution in [1.29, 1.82) is 0 Å². The lowest BCUT2D eigenvalue weighted by atomic mass is 10.0. The van der Waals surface area contributed by atoms with Crippen LogP contribution in [0.25, 0.3) is 6.08 Å². The molecular weight excluding hydrogens is 176 g/mol. The van der Waals surface area contributed by atoms with Crippen molar-refractivity contribution in [1.82, 2.24) is 0 Å². The second kappa shape index (κ2) is 4.61. The molecule has 0 aliphatic rings. The van der Waals surface area contributed by atoms with E-state index in [0.29, 0.717) is 5.56 Å². The average molecular weight is 190 g/mol. The Kier molecular flexibility index (Phi) is 3.46. The molecule has 0 atom stereocenters. The van der Waals surface area contributed by atoms with E-state index in [-0.39, 0.29) is 0 Å². The SMILES string of the molecule is CCC=Cc1c(C)cccc1C(=O)O. The third kappa shape index (κ3) is 2.22. The summed E-state index contributed by atoms with van der Waals surface area (Å²) in [4.78, 5) is 10.9. The summed E-state index contributed by atoms with van der Waals surface area (Å²) in [5.74, 6) is -0.871. The first kappa shape index (κ1) is 10.5. The van der Waals surface area contributed by atoms with Crippen LogP contribution in [0.15, 0.2) is 24.3 Å². The molecule has 0 bridgehead atoms. The molecule has 0 saturated heterocycles. The Morgan fingerprint density at radius 2 is 2.21 bits per heavy atom. The number of carbonyl (C=O) groups is 1. The highest BCUT2D eigenvalue weighted by Crippen LogP contribution is 2.16. The molecule has 1 aromatic rings. The molecular formula is C12H14O2. The average Bonchev–Trinajstić information content (AvgIpc) is 2.15. The van der Waals surface area contributed by atoms with Crippen molar-refractivity contribution in [2.24, 2.45) is 0 Å². The zero-order valence-electron chi connectivity index (χ0n) is 8.45. The van der Waals surface area contributed by atoms with Gasteiger partial charge < -0.3 is 5.11 Å². The summed E-state index contributed by atoms with van der Waals surface area (Å²) in [5, 5.41) is 8.96. The number of hydrogen-bond donors (Lipinski definition) is 1. The standard InChI is InChI=1S/C12H14O2/c1-3-4-7-10-9(2)6-5-8-11(10)12(13)14/h4-8H,3H2,1-2H3,(H,13,14). The monoisotopic (exact) mass is 190 g/mol. The summed E-state index contributed by atoms with van der Waals surface area (Å²) in [6, 6.07) is 5.31. The van der Waals surface area contributed by atoms with E-state index in [2.05, 4.69) is 0 Å². The number of aryl methyl sites for hydroxylation is 1. The minimum absolute atomic E-state index is 0.370. The maximum Gasteiger partial charge on any atom is 0.336 e. The van der Waals surface area contributed by atoms with Gasteiger partial charge in [0.25, 0.3) is 0 Å². The predicted octanol–water partition coefficient (Wildman–Crippen LogP) is 3.12. The van der Waals surface area contributed by atoms with Gasteiger partial charge in [0, 0.05) is 0 Å². The van der Waals surface area contributed by atoms with Crippen LogP contribution in [0.4, 0.5) is 0 Å². The second-order valence-corrected chi connectivity index (χ2v) is 3.15. The smallest absolute Gasteiger partial charge is 0.336 e. The highest BCUT2D eigenvalue weighted by atomic mass is 16.4. The first-order valence-electron chi connectivity index (χ1n) is 4.66. The van der Waals surface area contributed by atoms with Crippen LogP contribution in [-0.2, 0) is 0 Å². The summed E-state index contributed by atoms with van der Waals surface area (Å²) in [7, 11) is 0. The van der Waals surface area contributed by atoms with Crippen molar-refractivity contribution in [2.75, 3.05) is 0 Å². The van der Waals surface area contributed by atoms with Gasteiger partial charge >= 0.3 is 5.97 Å². The molecule has 0 radical (unpaired) electrons. The van der Waals surface area contributed by atoms with Crippen molar-refractivity contribution in [2.45, 2.75) is 20.3 Å². The minimum atomic E-state index is -0.871. The van der Waals surface area contributed by atoms with Crippen molar-refractivity contribution in [3.8, 4) is 0 Å². The largest absolute Gasteiger partial charge is 0.478 e. The molecule has 1 aromatic carbocycles. The van der Waals surface area contributed by atoms with Crippen LogP contribution in [0, 0.1) is 6.92 Å². The third-order valence-electron chi connectivity index (χ3n) is 2.07. The number of allylic oxidation sites excluding steroid dienone is 1. The number of hydrogen-bond acceptors (Lipinski definition) is 1. The fraction of sp³-hybridized carbons (Fsp3) is 0.250. The van der Waals surface area contributed by atoms with Gasteiger partial charge in [-0.25, -0.2) is 4.79 Å². The number of carboxylic acid groups (broad SMARTS) is 1. The zero-order chi connectivity index (χ0) is 10.6. The van der Waals surface area contributed by atoms with Crippen LogP contribution in [0.1, 0.15) is 34.8 Å².